The Kier molecular flexibility index (Phi) is 4.80. The Morgan fingerprint density at radius 1 is 1.44 bits per heavy atom. The average molecular weight is 330 g/mol. The molecule has 0 amide bonds. The fraction of sp³-hybridized carbons (Fsp3) is 0.308. The number of nitrogens with zero attached hydrogens (tertiary/aromatic N) is 1. The van der Waals surface area contributed by atoms with Gasteiger partial charge in [0.2, 0.25) is 0 Å². The number of halogens is 2. The van der Waals surface area contributed by atoms with Gasteiger partial charge in [0.25, 0.3) is 0 Å². The van der Waals surface area contributed by atoms with E-state index in [4.69, 9.17) is 16.0 Å². The van der Waals surface area contributed by atoms with Gasteiger partial charge >= 0.3 is 0 Å². The molecule has 0 saturated heterocycles. The van der Waals surface area contributed by atoms with Gasteiger partial charge in [0.1, 0.15) is 0 Å². The van der Waals surface area contributed by atoms with E-state index in [1.165, 1.54) is 0 Å². The molecule has 18 heavy (non-hydrogen) atoms. The molecule has 1 N–H and O–H groups in total. The number of benzene rings is 1. The van der Waals surface area contributed by atoms with Crippen LogP contribution in [0.4, 0.5) is 0 Å². The minimum atomic E-state index is 0.665. The van der Waals surface area contributed by atoms with Crippen molar-refractivity contribution in [2.75, 3.05) is 13.1 Å². The van der Waals surface area contributed by atoms with Gasteiger partial charge in [0.15, 0.2) is 11.7 Å². The summed E-state index contributed by atoms with van der Waals surface area (Å²) in [6.45, 7) is 3.90. The molecule has 1 heterocycles. The molecule has 0 atom stereocenters. The maximum Gasteiger partial charge on any atom is 0.196 e. The van der Waals surface area contributed by atoms with Crippen molar-refractivity contribution in [3.8, 4) is 11.3 Å². The third-order valence-corrected chi connectivity index (χ3v) is 3.76. The van der Waals surface area contributed by atoms with Crippen LogP contribution in [0.1, 0.15) is 12.8 Å². The smallest absolute Gasteiger partial charge is 0.196 e. The number of aromatic nitrogens is 1. The second-order valence-corrected chi connectivity index (χ2v) is 5.11. The van der Waals surface area contributed by atoms with Crippen molar-refractivity contribution in [2.45, 2.75) is 13.3 Å². The van der Waals surface area contributed by atoms with Gasteiger partial charge in [-0.1, -0.05) is 18.5 Å². The number of likely N-dealkylation sites (N-methyl/N-ethyl adjacent to an activating group) is 1. The summed E-state index contributed by atoms with van der Waals surface area (Å²) in [6, 6.07) is 5.71. The SMILES string of the molecule is CCNCCc1ncc(-c2ccc(Br)c(Cl)c2)o1. The summed E-state index contributed by atoms with van der Waals surface area (Å²) in [4.78, 5) is 4.26. The molecule has 1 aromatic heterocycles. The maximum atomic E-state index is 6.05. The standard InChI is InChI=1S/C13H14BrClN2O/c1-2-16-6-5-13-17-8-12(18-13)9-3-4-10(14)11(15)7-9/h3-4,7-8,16H,2,5-6H2,1H3. The minimum Gasteiger partial charge on any atom is -0.441 e. The van der Waals surface area contributed by atoms with E-state index in [9.17, 15) is 0 Å². The predicted molar refractivity (Wildman–Crippen MR) is 76.9 cm³/mol. The first-order valence-electron chi connectivity index (χ1n) is 5.81. The molecule has 5 heteroatoms. The highest BCUT2D eigenvalue weighted by Crippen LogP contribution is 2.29. The van der Waals surface area contributed by atoms with Crippen LogP contribution in [0.15, 0.2) is 33.3 Å². The van der Waals surface area contributed by atoms with E-state index in [1.807, 2.05) is 18.2 Å². The first-order valence-corrected chi connectivity index (χ1v) is 6.98. The van der Waals surface area contributed by atoms with Gasteiger partial charge in [0.05, 0.1) is 11.2 Å². The van der Waals surface area contributed by atoms with Crippen molar-refractivity contribution in [2.24, 2.45) is 0 Å². The van der Waals surface area contributed by atoms with Gasteiger partial charge in [-0.2, -0.15) is 0 Å². The van der Waals surface area contributed by atoms with Gasteiger partial charge in [-0.05, 0) is 40.7 Å². The first-order chi connectivity index (χ1) is 8.70. The zero-order valence-corrected chi connectivity index (χ0v) is 12.4. The van der Waals surface area contributed by atoms with Crippen LogP contribution < -0.4 is 5.32 Å². The average Bonchev–Trinajstić information content (AvgIpc) is 2.82. The molecule has 2 aromatic rings. The van der Waals surface area contributed by atoms with Crippen LogP contribution in [-0.2, 0) is 6.42 Å². The summed E-state index contributed by atoms with van der Waals surface area (Å²) >= 11 is 9.42. The molecule has 0 saturated carbocycles. The summed E-state index contributed by atoms with van der Waals surface area (Å²) in [5.74, 6) is 1.49. The van der Waals surface area contributed by atoms with Crippen LogP contribution in [0.25, 0.3) is 11.3 Å². The molecule has 2 rings (SSSR count). The van der Waals surface area contributed by atoms with Gasteiger partial charge in [-0.25, -0.2) is 4.98 Å². The van der Waals surface area contributed by atoms with E-state index >= 15 is 0 Å². The van der Waals surface area contributed by atoms with E-state index < -0.39 is 0 Å². The monoisotopic (exact) mass is 328 g/mol. The van der Waals surface area contributed by atoms with Crippen LogP contribution >= 0.6 is 27.5 Å². The Morgan fingerprint density at radius 3 is 3.00 bits per heavy atom. The highest BCUT2D eigenvalue weighted by molar-refractivity contribution is 9.10. The Labute approximate surface area is 120 Å². The number of hydrogen-bond donors (Lipinski definition) is 1. The van der Waals surface area contributed by atoms with Crippen molar-refractivity contribution >= 4 is 27.5 Å². The lowest BCUT2D eigenvalue weighted by Gasteiger charge is -2.00. The van der Waals surface area contributed by atoms with Crippen LogP contribution in [0.5, 0.6) is 0 Å². The number of nitrogens with one attached hydrogen (secondary N) is 1. The zero-order chi connectivity index (χ0) is 13.0. The van der Waals surface area contributed by atoms with Crippen LogP contribution in [-0.4, -0.2) is 18.1 Å². The molecule has 0 spiro atoms. The van der Waals surface area contributed by atoms with Gasteiger partial charge in [0, 0.05) is 23.0 Å². The second kappa shape index (κ2) is 6.36. The molecule has 0 bridgehead atoms. The highest BCUT2D eigenvalue weighted by atomic mass is 79.9. The van der Waals surface area contributed by atoms with E-state index in [1.54, 1.807) is 6.20 Å². The molecule has 0 fully saturated rings. The first kappa shape index (κ1) is 13.6. The molecule has 0 aliphatic rings. The molecule has 0 unspecified atom stereocenters. The minimum absolute atomic E-state index is 0.665. The fourth-order valence-electron chi connectivity index (χ4n) is 1.58. The summed E-state index contributed by atoms with van der Waals surface area (Å²) in [5.41, 5.74) is 0.936. The second-order valence-electron chi connectivity index (χ2n) is 3.85. The highest BCUT2D eigenvalue weighted by Gasteiger charge is 2.07. The van der Waals surface area contributed by atoms with E-state index in [-0.39, 0.29) is 0 Å². The Hall–Kier alpha value is -0.840. The number of rotatable bonds is 5. The normalized spacial score (nSPS) is 10.8. The molecule has 1 aromatic carbocycles. The van der Waals surface area contributed by atoms with Crippen molar-refractivity contribution < 1.29 is 4.42 Å². The van der Waals surface area contributed by atoms with Gasteiger partial charge in [-0.15, -0.1) is 0 Å². The lowest BCUT2D eigenvalue weighted by atomic mass is 10.2. The zero-order valence-electron chi connectivity index (χ0n) is 10.0. The van der Waals surface area contributed by atoms with Gasteiger partial charge < -0.3 is 9.73 Å². The summed E-state index contributed by atoms with van der Waals surface area (Å²) in [7, 11) is 0. The third kappa shape index (κ3) is 3.34. The molecule has 0 radical (unpaired) electrons. The van der Waals surface area contributed by atoms with Crippen molar-refractivity contribution in [3.63, 3.8) is 0 Å². The third-order valence-electron chi connectivity index (χ3n) is 2.52. The Bertz CT molecular complexity index is 527. The molecule has 0 aliphatic heterocycles. The van der Waals surface area contributed by atoms with E-state index in [2.05, 4.69) is 33.2 Å². The van der Waals surface area contributed by atoms with Crippen LogP contribution in [0, 0.1) is 0 Å². The van der Waals surface area contributed by atoms with Crippen LogP contribution in [0.3, 0.4) is 0 Å². The molecule has 3 nitrogen and oxygen atoms in total. The van der Waals surface area contributed by atoms with Crippen molar-refractivity contribution in [1.82, 2.24) is 10.3 Å². The lowest BCUT2D eigenvalue weighted by molar-refractivity contribution is 0.497. The maximum absolute atomic E-state index is 6.05. The van der Waals surface area contributed by atoms with E-state index in [0.29, 0.717) is 5.02 Å². The largest absolute Gasteiger partial charge is 0.441 e. The summed E-state index contributed by atoms with van der Waals surface area (Å²) in [5, 5.41) is 3.90. The van der Waals surface area contributed by atoms with E-state index in [0.717, 1.165) is 41.2 Å². The molecular formula is C13H14BrClN2O. The topological polar surface area (TPSA) is 38.1 Å². The number of oxazole rings is 1. The predicted octanol–water partition coefficient (Wildman–Crippen LogP) is 3.91. The molecular weight excluding hydrogens is 316 g/mol. The fourth-order valence-corrected chi connectivity index (χ4v) is 2.01. The molecule has 0 aliphatic carbocycles. The summed E-state index contributed by atoms with van der Waals surface area (Å²) < 4.78 is 6.56. The Balaban J connectivity index is 2.11. The molecule has 96 valence electrons. The lowest BCUT2D eigenvalue weighted by Crippen LogP contribution is -2.16. The van der Waals surface area contributed by atoms with Crippen molar-refractivity contribution in [1.29, 1.82) is 0 Å². The summed E-state index contributed by atoms with van der Waals surface area (Å²) in [6.07, 6.45) is 2.53. The van der Waals surface area contributed by atoms with Gasteiger partial charge in [-0.3, -0.25) is 0 Å². The van der Waals surface area contributed by atoms with Crippen molar-refractivity contribution in [3.05, 3.63) is 39.8 Å². The number of hydrogen-bond acceptors (Lipinski definition) is 3. The Morgan fingerprint density at radius 2 is 2.28 bits per heavy atom. The van der Waals surface area contributed by atoms with Crippen LogP contribution in [0.2, 0.25) is 5.02 Å². The quantitative estimate of drug-likeness (QED) is 0.845.